The van der Waals surface area contributed by atoms with E-state index in [1.54, 1.807) is 0 Å². The van der Waals surface area contributed by atoms with Crippen LogP contribution in [-0.4, -0.2) is 41.7 Å². The highest BCUT2D eigenvalue weighted by Crippen LogP contribution is 2.08. The highest BCUT2D eigenvalue weighted by molar-refractivity contribution is 5.78. The van der Waals surface area contributed by atoms with E-state index < -0.39 is 0 Å². The van der Waals surface area contributed by atoms with Crippen LogP contribution in [0.2, 0.25) is 0 Å². The van der Waals surface area contributed by atoms with Crippen molar-refractivity contribution in [3.8, 4) is 0 Å². The number of likely N-dealkylation sites (tertiary alicyclic amines) is 1. The van der Waals surface area contributed by atoms with Crippen LogP contribution in [0.5, 0.6) is 0 Å². The van der Waals surface area contributed by atoms with E-state index in [1.807, 2.05) is 35.2 Å². The van der Waals surface area contributed by atoms with Gasteiger partial charge in [0.2, 0.25) is 5.91 Å². The quantitative estimate of drug-likeness (QED) is 0.827. The number of benzene rings is 1. The predicted molar refractivity (Wildman–Crippen MR) is 70.0 cm³/mol. The number of piperidine rings is 1. The van der Waals surface area contributed by atoms with Crippen LogP contribution in [0, 0.1) is 0 Å². The minimum Gasteiger partial charge on any atom is -0.392 e. The van der Waals surface area contributed by atoms with Crippen LogP contribution in [0.3, 0.4) is 0 Å². The summed E-state index contributed by atoms with van der Waals surface area (Å²) < 4.78 is 0. The van der Waals surface area contributed by atoms with Crippen molar-refractivity contribution < 1.29 is 9.90 Å². The van der Waals surface area contributed by atoms with Gasteiger partial charge in [0, 0.05) is 13.1 Å². The number of carbonyl (C=O) groups excluding carboxylic acids is 1. The van der Waals surface area contributed by atoms with Crippen molar-refractivity contribution in [2.24, 2.45) is 0 Å². The van der Waals surface area contributed by atoms with Gasteiger partial charge in [-0.25, -0.2) is 0 Å². The second kappa shape index (κ2) is 6.52. The number of aliphatic hydroxyl groups is 1. The molecular formula is C14H20N2O2. The van der Waals surface area contributed by atoms with Crippen molar-refractivity contribution in [2.45, 2.75) is 25.5 Å². The topological polar surface area (TPSA) is 52.6 Å². The van der Waals surface area contributed by atoms with E-state index in [0.717, 1.165) is 24.9 Å². The lowest BCUT2D eigenvalue weighted by molar-refractivity contribution is -0.123. The number of amides is 1. The molecule has 0 saturated carbocycles. The van der Waals surface area contributed by atoms with Crippen LogP contribution in [0.1, 0.15) is 18.4 Å². The number of hydrogen-bond acceptors (Lipinski definition) is 3. The molecule has 4 nitrogen and oxygen atoms in total. The van der Waals surface area contributed by atoms with Crippen molar-refractivity contribution >= 4 is 5.91 Å². The molecule has 0 radical (unpaired) electrons. The molecule has 1 aromatic rings. The monoisotopic (exact) mass is 248 g/mol. The largest absolute Gasteiger partial charge is 0.392 e. The van der Waals surface area contributed by atoms with Gasteiger partial charge in [-0.2, -0.15) is 0 Å². The average molecular weight is 248 g/mol. The Labute approximate surface area is 108 Å². The van der Waals surface area contributed by atoms with Crippen LogP contribution < -0.4 is 5.32 Å². The Morgan fingerprint density at radius 3 is 2.89 bits per heavy atom. The number of nitrogens with one attached hydrogen (secondary N) is 1. The normalized spacial score (nSPS) is 20.6. The first-order valence-electron chi connectivity index (χ1n) is 6.45. The summed E-state index contributed by atoms with van der Waals surface area (Å²) in [6.45, 7) is 2.45. The lowest BCUT2D eigenvalue weighted by Gasteiger charge is -2.29. The van der Waals surface area contributed by atoms with Crippen molar-refractivity contribution in [2.75, 3.05) is 19.6 Å². The Morgan fingerprint density at radius 2 is 2.17 bits per heavy atom. The second-order valence-electron chi connectivity index (χ2n) is 4.79. The van der Waals surface area contributed by atoms with Crippen molar-refractivity contribution in [3.05, 3.63) is 35.9 Å². The fourth-order valence-electron chi connectivity index (χ4n) is 2.23. The molecule has 2 N–H and O–H groups in total. The molecule has 1 aromatic carbocycles. The summed E-state index contributed by atoms with van der Waals surface area (Å²) in [6, 6.07) is 9.86. The molecule has 1 amide bonds. The molecule has 4 heteroatoms. The molecule has 1 aliphatic heterocycles. The Balaban J connectivity index is 1.72. The summed E-state index contributed by atoms with van der Waals surface area (Å²) in [7, 11) is 0. The smallest absolute Gasteiger partial charge is 0.234 e. The number of hydrogen-bond donors (Lipinski definition) is 2. The van der Waals surface area contributed by atoms with E-state index in [0.29, 0.717) is 19.6 Å². The van der Waals surface area contributed by atoms with E-state index >= 15 is 0 Å². The molecule has 1 unspecified atom stereocenters. The lowest BCUT2D eigenvalue weighted by atomic mass is 10.1. The van der Waals surface area contributed by atoms with Gasteiger partial charge in [-0.1, -0.05) is 30.3 Å². The van der Waals surface area contributed by atoms with Crippen molar-refractivity contribution in [1.82, 2.24) is 10.2 Å². The van der Waals surface area contributed by atoms with Crippen LogP contribution in [0.25, 0.3) is 0 Å². The Hall–Kier alpha value is -1.39. The summed E-state index contributed by atoms with van der Waals surface area (Å²) in [5.41, 5.74) is 1.10. The zero-order valence-corrected chi connectivity index (χ0v) is 10.5. The summed E-state index contributed by atoms with van der Waals surface area (Å²) in [4.78, 5) is 13.8. The van der Waals surface area contributed by atoms with E-state index in [2.05, 4.69) is 5.32 Å². The molecule has 0 aliphatic carbocycles. The van der Waals surface area contributed by atoms with Gasteiger partial charge >= 0.3 is 0 Å². The van der Waals surface area contributed by atoms with Crippen LogP contribution in [0.15, 0.2) is 30.3 Å². The molecule has 1 heterocycles. The average Bonchev–Trinajstić information content (AvgIpc) is 2.38. The second-order valence-corrected chi connectivity index (χ2v) is 4.79. The Morgan fingerprint density at radius 1 is 1.39 bits per heavy atom. The number of carbonyl (C=O) groups is 1. The summed E-state index contributed by atoms with van der Waals surface area (Å²) >= 11 is 0. The Kier molecular flexibility index (Phi) is 4.73. The molecule has 1 fully saturated rings. The van der Waals surface area contributed by atoms with Crippen molar-refractivity contribution in [3.63, 3.8) is 0 Å². The zero-order chi connectivity index (χ0) is 12.8. The first-order valence-corrected chi connectivity index (χ1v) is 6.45. The molecule has 98 valence electrons. The highest BCUT2D eigenvalue weighted by Gasteiger charge is 2.19. The molecule has 0 aromatic heterocycles. The number of nitrogens with zero attached hydrogens (tertiary/aromatic N) is 1. The summed E-state index contributed by atoms with van der Waals surface area (Å²) in [6.07, 6.45) is 1.54. The van der Waals surface area contributed by atoms with Gasteiger partial charge in [0.25, 0.3) is 0 Å². The maximum atomic E-state index is 11.8. The molecular weight excluding hydrogens is 228 g/mol. The van der Waals surface area contributed by atoms with Gasteiger partial charge in [-0.15, -0.1) is 0 Å². The van der Waals surface area contributed by atoms with Gasteiger partial charge in [0.15, 0.2) is 0 Å². The van der Waals surface area contributed by atoms with Gasteiger partial charge in [0.1, 0.15) is 0 Å². The van der Waals surface area contributed by atoms with Crippen LogP contribution >= 0.6 is 0 Å². The third-order valence-electron chi connectivity index (χ3n) is 3.18. The fraction of sp³-hybridized carbons (Fsp3) is 0.500. The molecule has 18 heavy (non-hydrogen) atoms. The van der Waals surface area contributed by atoms with Gasteiger partial charge in [0.05, 0.1) is 12.6 Å². The van der Waals surface area contributed by atoms with Crippen LogP contribution in [0.4, 0.5) is 0 Å². The van der Waals surface area contributed by atoms with Gasteiger partial charge in [-0.05, 0) is 24.9 Å². The summed E-state index contributed by atoms with van der Waals surface area (Å²) in [5.74, 6) is 0.0213. The minimum absolute atomic E-state index is 0.0213. The maximum absolute atomic E-state index is 11.8. The van der Waals surface area contributed by atoms with Gasteiger partial charge in [-0.3, -0.25) is 9.69 Å². The van der Waals surface area contributed by atoms with Crippen LogP contribution in [-0.2, 0) is 11.3 Å². The number of aliphatic hydroxyl groups excluding tert-OH is 1. The molecule has 1 saturated heterocycles. The third-order valence-corrected chi connectivity index (χ3v) is 3.18. The molecule has 0 spiro atoms. The SMILES string of the molecule is O=C(CN1CCCC(O)C1)NCc1ccccc1. The first-order chi connectivity index (χ1) is 8.74. The van der Waals surface area contributed by atoms with E-state index in [1.165, 1.54) is 0 Å². The maximum Gasteiger partial charge on any atom is 0.234 e. The molecule has 1 atom stereocenters. The van der Waals surface area contributed by atoms with E-state index in [-0.39, 0.29) is 12.0 Å². The van der Waals surface area contributed by atoms with E-state index in [4.69, 9.17) is 0 Å². The minimum atomic E-state index is -0.277. The molecule has 1 aliphatic rings. The number of β-amino-alcohol motifs (C(OH)–C–C–N with tert-alkyl or cyclic N) is 1. The standard InChI is InChI=1S/C14H20N2O2/c17-13-7-4-8-16(10-13)11-14(18)15-9-12-5-2-1-3-6-12/h1-3,5-6,13,17H,4,7-11H2,(H,15,18). The molecule has 0 bridgehead atoms. The summed E-state index contributed by atoms with van der Waals surface area (Å²) in [5, 5.41) is 12.4. The third kappa shape index (κ3) is 4.13. The predicted octanol–water partition coefficient (Wildman–Crippen LogP) is 0.760. The molecule has 2 rings (SSSR count). The Bertz CT molecular complexity index is 381. The lowest BCUT2D eigenvalue weighted by Crippen LogP contribution is -2.44. The number of rotatable bonds is 4. The fourth-order valence-corrected chi connectivity index (χ4v) is 2.23. The van der Waals surface area contributed by atoms with Crippen molar-refractivity contribution in [1.29, 1.82) is 0 Å². The highest BCUT2D eigenvalue weighted by atomic mass is 16.3. The van der Waals surface area contributed by atoms with Gasteiger partial charge < -0.3 is 10.4 Å². The zero-order valence-electron chi connectivity index (χ0n) is 10.5. The van der Waals surface area contributed by atoms with E-state index in [9.17, 15) is 9.90 Å². The first kappa shape index (κ1) is 13.1.